The summed E-state index contributed by atoms with van der Waals surface area (Å²) >= 11 is 0. The molecule has 0 saturated heterocycles. The van der Waals surface area contributed by atoms with E-state index in [-0.39, 0.29) is 0 Å². The van der Waals surface area contributed by atoms with Crippen molar-refractivity contribution in [3.8, 4) is 0 Å². The van der Waals surface area contributed by atoms with E-state index in [1.165, 1.54) is 180 Å². The molecule has 0 radical (unpaired) electrons. The quantitative estimate of drug-likeness (QED) is 0.0601. The molecule has 0 N–H and O–H groups in total. The fraction of sp³-hybridized carbons (Fsp3) is 0.944. The highest BCUT2D eigenvalue weighted by atomic mass is 16.5. The first-order valence-corrected chi connectivity index (χ1v) is 17.7. The molecular weight excluding hydrogens is 464 g/mol. The third-order valence-electron chi connectivity index (χ3n) is 7.81. The molecule has 0 saturated carbocycles. The molecule has 0 bridgehead atoms. The molecule has 0 aliphatic carbocycles. The van der Waals surface area contributed by atoms with Gasteiger partial charge in [0.2, 0.25) is 0 Å². The predicted octanol–water partition coefficient (Wildman–Crippen LogP) is 12.5. The standard InChI is InChI=1S/C36H72O2/c1-3-5-7-9-11-13-15-17-19-20-22-24-26-28-30-32-34-38-36-35-37-33-31-29-27-25-23-21-18-16-14-12-10-8-6-4-2/h17,19H,3-16,18,20-36H2,1-2H3. The summed E-state index contributed by atoms with van der Waals surface area (Å²) in [5.74, 6) is 0. The first-order chi connectivity index (χ1) is 18.9. The summed E-state index contributed by atoms with van der Waals surface area (Å²) < 4.78 is 11.5. The summed E-state index contributed by atoms with van der Waals surface area (Å²) in [6.07, 6.45) is 43.6. The first-order valence-electron chi connectivity index (χ1n) is 17.7. The summed E-state index contributed by atoms with van der Waals surface area (Å²) in [5.41, 5.74) is 0. The summed E-state index contributed by atoms with van der Waals surface area (Å²) in [6.45, 7) is 7.94. The Hall–Kier alpha value is -0.340. The lowest BCUT2D eigenvalue weighted by Crippen LogP contribution is -2.06. The van der Waals surface area contributed by atoms with Gasteiger partial charge < -0.3 is 9.47 Å². The highest BCUT2D eigenvalue weighted by Gasteiger charge is 1.96. The number of rotatable bonds is 34. The second kappa shape index (κ2) is 36.7. The number of ether oxygens (including phenoxy) is 2. The third kappa shape index (κ3) is 35.7. The lowest BCUT2D eigenvalue weighted by molar-refractivity contribution is 0.0448. The van der Waals surface area contributed by atoms with Crippen molar-refractivity contribution in [1.82, 2.24) is 0 Å². The first kappa shape index (κ1) is 37.7. The molecule has 0 aromatic rings. The average molecular weight is 537 g/mol. The van der Waals surface area contributed by atoms with Gasteiger partial charge >= 0.3 is 0 Å². The minimum atomic E-state index is 0.768. The molecular formula is C36H72O2. The van der Waals surface area contributed by atoms with Crippen molar-refractivity contribution in [2.75, 3.05) is 26.4 Å². The molecule has 0 atom stereocenters. The zero-order valence-electron chi connectivity index (χ0n) is 26.6. The molecule has 0 amide bonds. The molecule has 0 heterocycles. The Morgan fingerprint density at radius 3 is 0.868 bits per heavy atom. The van der Waals surface area contributed by atoms with Crippen LogP contribution in [0.15, 0.2) is 12.2 Å². The van der Waals surface area contributed by atoms with E-state index < -0.39 is 0 Å². The highest BCUT2D eigenvalue weighted by molar-refractivity contribution is 4.81. The van der Waals surface area contributed by atoms with Gasteiger partial charge in [0, 0.05) is 13.2 Å². The van der Waals surface area contributed by atoms with E-state index in [2.05, 4.69) is 26.0 Å². The second-order valence-corrected chi connectivity index (χ2v) is 11.8. The van der Waals surface area contributed by atoms with Gasteiger partial charge in [-0.15, -0.1) is 0 Å². The van der Waals surface area contributed by atoms with Gasteiger partial charge in [-0.05, 0) is 38.5 Å². The molecule has 228 valence electrons. The van der Waals surface area contributed by atoms with Crippen LogP contribution >= 0.6 is 0 Å². The molecule has 0 aromatic carbocycles. The summed E-state index contributed by atoms with van der Waals surface area (Å²) in [7, 11) is 0. The van der Waals surface area contributed by atoms with Crippen molar-refractivity contribution < 1.29 is 9.47 Å². The third-order valence-corrected chi connectivity index (χ3v) is 7.81. The van der Waals surface area contributed by atoms with Gasteiger partial charge in [0.05, 0.1) is 13.2 Å². The van der Waals surface area contributed by atoms with E-state index in [4.69, 9.17) is 9.47 Å². The summed E-state index contributed by atoms with van der Waals surface area (Å²) in [6, 6.07) is 0. The van der Waals surface area contributed by atoms with Crippen molar-refractivity contribution in [1.29, 1.82) is 0 Å². The van der Waals surface area contributed by atoms with Crippen molar-refractivity contribution in [3.05, 3.63) is 12.2 Å². The van der Waals surface area contributed by atoms with Crippen molar-refractivity contribution in [2.24, 2.45) is 0 Å². The largest absolute Gasteiger partial charge is 0.379 e. The molecule has 2 heteroatoms. The van der Waals surface area contributed by atoms with E-state index in [9.17, 15) is 0 Å². The average Bonchev–Trinajstić information content (AvgIpc) is 2.93. The maximum absolute atomic E-state index is 5.74. The van der Waals surface area contributed by atoms with Gasteiger partial charge in [-0.1, -0.05) is 167 Å². The van der Waals surface area contributed by atoms with Crippen LogP contribution in [0.5, 0.6) is 0 Å². The Kier molecular flexibility index (Phi) is 36.3. The summed E-state index contributed by atoms with van der Waals surface area (Å²) in [4.78, 5) is 0. The minimum absolute atomic E-state index is 0.768. The molecule has 2 nitrogen and oxygen atoms in total. The molecule has 38 heavy (non-hydrogen) atoms. The number of hydrogen-bond donors (Lipinski definition) is 0. The van der Waals surface area contributed by atoms with E-state index in [0.29, 0.717) is 0 Å². The Balaban J connectivity index is 3.05. The van der Waals surface area contributed by atoms with Crippen LogP contribution in [-0.2, 0) is 9.47 Å². The van der Waals surface area contributed by atoms with Crippen LogP contribution in [0.25, 0.3) is 0 Å². The summed E-state index contributed by atoms with van der Waals surface area (Å²) in [5, 5.41) is 0. The monoisotopic (exact) mass is 537 g/mol. The normalized spacial score (nSPS) is 11.7. The Labute approximate surface area is 241 Å². The van der Waals surface area contributed by atoms with Gasteiger partial charge in [0.15, 0.2) is 0 Å². The molecule has 0 aromatic heterocycles. The zero-order valence-corrected chi connectivity index (χ0v) is 26.6. The fourth-order valence-electron chi connectivity index (χ4n) is 5.17. The number of allylic oxidation sites excluding steroid dienone is 2. The van der Waals surface area contributed by atoms with Crippen molar-refractivity contribution >= 4 is 0 Å². The van der Waals surface area contributed by atoms with Crippen LogP contribution in [0.1, 0.15) is 194 Å². The maximum atomic E-state index is 5.74. The van der Waals surface area contributed by atoms with Gasteiger partial charge in [-0.2, -0.15) is 0 Å². The van der Waals surface area contributed by atoms with Crippen LogP contribution in [-0.4, -0.2) is 26.4 Å². The van der Waals surface area contributed by atoms with Crippen LogP contribution in [0.2, 0.25) is 0 Å². The molecule has 0 unspecified atom stereocenters. The molecule has 0 spiro atoms. The van der Waals surface area contributed by atoms with Gasteiger partial charge in [0.25, 0.3) is 0 Å². The molecule has 0 aliphatic heterocycles. The van der Waals surface area contributed by atoms with Gasteiger partial charge in [-0.25, -0.2) is 0 Å². The van der Waals surface area contributed by atoms with Crippen LogP contribution in [0, 0.1) is 0 Å². The van der Waals surface area contributed by atoms with E-state index in [1.807, 2.05) is 0 Å². The topological polar surface area (TPSA) is 18.5 Å². The number of unbranched alkanes of at least 4 members (excludes halogenated alkanes) is 25. The van der Waals surface area contributed by atoms with Crippen LogP contribution in [0.4, 0.5) is 0 Å². The maximum Gasteiger partial charge on any atom is 0.0700 e. The Morgan fingerprint density at radius 2 is 0.553 bits per heavy atom. The number of hydrogen-bond acceptors (Lipinski definition) is 2. The molecule has 0 fully saturated rings. The predicted molar refractivity (Wildman–Crippen MR) is 171 cm³/mol. The zero-order chi connectivity index (χ0) is 27.5. The van der Waals surface area contributed by atoms with Crippen molar-refractivity contribution in [2.45, 2.75) is 194 Å². The second-order valence-electron chi connectivity index (χ2n) is 11.8. The van der Waals surface area contributed by atoms with E-state index in [0.717, 1.165) is 26.4 Å². The van der Waals surface area contributed by atoms with E-state index >= 15 is 0 Å². The molecule has 0 rings (SSSR count). The van der Waals surface area contributed by atoms with Gasteiger partial charge in [-0.3, -0.25) is 0 Å². The van der Waals surface area contributed by atoms with E-state index in [1.54, 1.807) is 0 Å². The highest BCUT2D eigenvalue weighted by Crippen LogP contribution is 2.13. The van der Waals surface area contributed by atoms with Crippen molar-refractivity contribution in [3.63, 3.8) is 0 Å². The Morgan fingerprint density at radius 1 is 0.289 bits per heavy atom. The Bertz CT molecular complexity index is 420. The smallest absolute Gasteiger partial charge is 0.0700 e. The fourth-order valence-corrected chi connectivity index (χ4v) is 5.17. The van der Waals surface area contributed by atoms with Gasteiger partial charge in [0.1, 0.15) is 0 Å². The lowest BCUT2D eigenvalue weighted by atomic mass is 10.0. The lowest BCUT2D eigenvalue weighted by Gasteiger charge is -2.06. The SMILES string of the molecule is CCCCCCCCC=CCCCCCCCCOCCOCCCCCCCCCCCCCCCC. The minimum Gasteiger partial charge on any atom is -0.379 e. The van der Waals surface area contributed by atoms with Crippen LogP contribution < -0.4 is 0 Å². The van der Waals surface area contributed by atoms with Crippen LogP contribution in [0.3, 0.4) is 0 Å². The molecule has 0 aliphatic rings.